The SMILES string of the molecule is CCNC(Cc1csc2ccccc12)c1ccoc1. The Morgan fingerprint density at radius 3 is 2.95 bits per heavy atom. The summed E-state index contributed by atoms with van der Waals surface area (Å²) < 4.78 is 6.57. The average molecular weight is 271 g/mol. The lowest BCUT2D eigenvalue weighted by Gasteiger charge is -2.15. The Balaban J connectivity index is 1.89. The summed E-state index contributed by atoms with van der Waals surface area (Å²) in [5.74, 6) is 0. The third-order valence-electron chi connectivity index (χ3n) is 3.38. The molecule has 1 aromatic carbocycles. The van der Waals surface area contributed by atoms with Gasteiger partial charge in [0.05, 0.1) is 12.5 Å². The second-order valence-electron chi connectivity index (χ2n) is 4.63. The van der Waals surface area contributed by atoms with Gasteiger partial charge in [-0.1, -0.05) is 25.1 Å². The van der Waals surface area contributed by atoms with E-state index in [1.165, 1.54) is 21.2 Å². The Labute approximate surface area is 117 Å². The molecular formula is C16H17NOS. The molecule has 98 valence electrons. The Hall–Kier alpha value is -1.58. The summed E-state index contributed by atoms with van der Waals surface area (Å²) in [5, 5.41) is 7.18. The van der Waals surface area contributed by atoms with Gasteiger partial charge in [0.25, 0.3) is 0 Å². The fourth-order valence-corrected chi connectivity index (χ4v) is 3.41. The predicted molar refractivity (Wildman–Crippen MR) is 80.7 cm³/mol. The molecule has 0 aliphatic carbocycles. The lowest BCUT2D eigenvalue weighted by Crippen LogP contribution is -2.22. The molecule has 0 aliphatic heterocycles. The molecule has 0 bridgehead atoms. The molecular weight excluding hydrogens is 254 g/mol. The molecule has 0 amide bonds. The van der Waals surface area contributed by atoms with Crippen LogP contribution in [0.4, 0.5) is 0 Å². The highest BCUT2D eigenvalue weighted by atomic mass is 32.1. The Kier molecular flexibility index (Phi) is 3.67. The zero-order valence-corrected chi connectivity index (χ0v) is 11.7. The van der Waals surface area contributed by atoms with Gasteiger partial charge in [0.1, 0.15) is 0 Å². The minimum atomic E-state index is 0.321. The van der Waals surface area contributed by atoms with Crippen molar-refractivity contribution in [3.63, 3.8) is 0 Å². The summed E-state index contributed by atoms with van der Waals surface area (Å²) in [6.45, 7) is 3.09. The molecule has 0 aliphatic rings. The highest BCUT2D eigenvalue weighted by Crippen LogP contribution is 2.29. The van der Waals surface area contributed by atoms with Gasteiger partial charge in [-0.15, -0.1) is 11.3 Å². The van der Waals surface area contributed by atoms with Crippen LogP contribution >= 0.6 is 11.3 Å². The van der Waals surface area contributed by atoms with Gasteiger partial charge in [0.2, 0.25) is 0 Å². The fraction of sp³-hybridized carbons (Fsp3) is 0.250. The van der Waals surface area contributed by atoms with Gasteiger partial charge >= 0.3 is 0 Å². The lowest BCUT2D eigenvalue weighted by atomic mass is 10.0. The maximum atomic E-state index is 5.21. The predicted octanol–water partition coefficient (Wildman–Crippen LogP) is 4.39. The van der Waals surface area contributed by atoms with E-state index in [0.717, 1.165) is 13.0 Å². The van der Waals surface area contributed by atoms with E-state index < -0.39 is 0 Å². The smallest absolute Gasteiger partial charge is 0.0950 e. The molecule has 0 saturated heterocycles. The quantitative estimate of drug-likeness (QED) is 0.744. The van der Waals surface area contributed by atoms with E-state index in [1.807, 2.05) is 23.7 Å². The Morgan fingerprint density at radius 1 is 1.26 bits per heavy atom. The van der Waals surface area contributed by atoms with Crippen LogP contribution < -0.4 is 5.32 Å². The first-order valence-electron chi connectivity index (χ1n) is 6.59. The van der Waals surface area contributed by atoms with Crippen LogP contribution in [0.3, 0.4) is 0 Å². The first kappa shape index (κ1) is 12.5. The van der Waals surface area contributed by atoms with Crippen LogP contribution in [0.5, 0.6) is 0 Å². The minimum Gasteiger partial charge on any atom is -0.472 e. The number of likely N-dealkylation sites (N-methyl/N-ethyl adjacent to an activating group) is 1. The number of rotatable bonds is 5. The highest BCUT2D eigenvalue weighted by Gasteiger charge is 2.14. The molecule has 3 heteroatoms. The maximum Gasteiger partial charge on any atom is 0.0950 e. The van der Waals surface area contributed by atoms with E-state index in [-0.39, 0.29) is 0 Å². The van der Waals surface area contributed by atoms with Crippen molar-refractivity contribution in [3.05, 3.63) is 59.4 Å². The van der Waals surface area contributed by atoms with E-state index in [0.29, 0.717) is 6.04 Å². The van der Waals surface area contributed by atoms with E-state index in [4.69, 9.17) is 4.42 Å². The minimum absolute atomic E-state index is 0.321. The van der Waals surface area contributed by atoms with Crippen LogP contribution in [0.15, 0.2) is 52.7 Å². The fourth-order valence-electron chi connectivity index (χ4n) is 2.44. The van der Waals surface area contributed by atoms with E-state index in [1.54, 1.807) is 6.26 Å². The summed E-state index contributed by atoms with van der Waals surface area (Å²) in [6, 6.07) is 11.0. The number of benzene rings is 1. The van der Waals surface area contributed by atoms with Gasteiger partial charge in [-0.05, 0) is 41.4 Å². The molecule has 1 unspecified atom stereocenters. The molecule has 2 heterocycles. The molecule has 1 atom stereocenters. The Bertz CT molecular complexity index is 642. The number of hydrogen-bond donors (Lipinski definition) is 1. The van der Waals surface area contributed by atoms with Gasteiger partial charge in [0, 0.05) is 16.3 Å². The molecule has 0 fully saturated rings. The third-order valence-corrected chi connectivity index (χ3v) is 4.39. The van der Waals surface area contributed by atoms with Crippen LogP contribution in [0.25, 0.3) is 10.1 Å². The van der Waals surface area contributed by atoms with Crippen molar-refractivity contribution in [3.8, 4) is 0 Å². The van der Waals surface area contributed by atoms with Crippen molar-refractivity contribution in [1.29, 1.82) is 0 Å². The first-order chi connectivity index (χ1) is 9.38. The van der Waals surface area contributed by atoms with Crippen molar-refractivity contribution in [2.45, 2.75) is 19.4 Å². The monoisotopic (exact) mass is 271 g/mol. The lowest BCUT2D eigenvalue weighted by molar-refractivity contribution is 0.526. The van der Waals surface area contributed by atoms with Crippen molar-refractivity contribution < 1.29 is 4.42 Å². The number of thiophene rings is 1. The van der Waals surface area contributed by atoms with Gasteiger partial charge in [-0.2, -0.15) is 0 Å². The van der Waals surface area contributed by atoms with E-state index in [9.17, 15) is 0 Å². The van der Waals surface area contributed by atoms with E-state index >= 15 is 0 Å². The Morgan fingerprint density at radius 2 is 2.16 bits per heavy atom. The average Bonchev–Trinajstić information content (AvgIpc) is 3.08. The topological polar surface area (TPSA) is 25.2 Å². The van der Waals surface area contributed by atoms with Gasteiger partial charge in [0.15, 0.2) is 0 Å². The van der Waals surface area contributed by atoms with Crippen molar-refractivity contribution in [2.75, 3.05) is 6.54 Å². The summed E-state index contributed by atoms with van der Waals surface area (Å²) in [6.07, 6.45) is 4.57. The number of furan rings is 1. The highest BCUT2D eigenvalue weighted by molar-refractivity contribution is 7.17. The second-order valence-corrected chi connectivity index (χ2v) is 5.54. The van der Waals surface area contributed by atoms with Crippen LogP contribution in [0.2, 0.25) is 0 Å². The normalized spacial score (nSPS) is 12.9. The van der Waals surface area contributed by atoms with Gasteiger partial charge in [-0.3, -0.25) is 0 Å². The van der Waals surface area contributed by atoms with Crippen LogP contribution in [-0.2, 0) is 6.42 Å². The van der Waals surface area contributed by atoms with Crippen LogP contribution in [0.1, 0.15) is 24.1 Å². The largest absolute Gasteiger partial charge is 0.472 e. The van der Waals surface area contributed by atoms with Gasteiger partial charge < -0.3 is 9.73 Å². The summed E-state index contributed by atoms with van der Waals surface area (Å²) in [4.78, 5) is 0. The standard InChI is InChI=1S/C16H17NOS/c1-2-17-15(12-7-8-18-10-12)9-13-11-19-16-6-4-3-5-14(13)16/h3-8,10-11,15,17H,2,9H2,1H3. The molecule has 19 heavy (non-hydrogen) atoms. The maximum absolute atomic E-state index is 5.21. The molecule has 1 N–H and O–H groups in total. The number of hydrogen-bond acceptors (Lipinski definition) is 3. The zero-order valence-electron chi connectivity index (χ0n) is 10.9. The van der Waals surface area contributed by atoms with Gasteiger partial charge in [-0.25, -0.2) is 0 Å². The number of fused-ring (bicyclic) bond motifs is 1. The molecule has 0 spiro atoms. The first-order valence-corrected chi connectivity index (χ1v) is 7.47. The second kappa shape index (κ2) is 5.59. The molecule has 3 aromatic rings. The molecule has 3 rings (SSSR count). The van der Waals surface area contributed by atoms with Crippen LogP contribution in [0, 0.1) is 0 Å². The molecule has 0 saturated carbocycles. The summed E-state index contributed by atoms with van der Waals surface area (Å²) in [5.41, 5.74) is 2.63. The van der Waals surface area contributed by atoms with Crippen molar-refractivity contribution in [1.82, 2.24) is 5.32 Å². The third kappa shape index (κ3) is 2.57. The zero-order chi connectivity index (χ0) is 13.1. The number of nitrogens with one attached hydrogen (secondary N) is 1. The van der Waals surface area contributed by atoms with Crippen LogP contribution in [-0.4, -0.2) is 6.54 Å². The molecule has 0 radical (unpaired) electrons. The molecule has 2 nitrogen and oxygen atoms in total. The molecule has 2 aromatic heterocycles. The van der Waals surface area contributed by atoms with E-state index in [2.05, 4.69) is 41.9 Å². The van der Waals surface area contributed by atoms with Crippen molar-refractivity contribution in [2.24, 2.45) is 0 Å². The van der Waals surface area contributed by atoms with Crippen molar-refractivity contribution >= 4 is 21.4 Å². The summed E-state index contributed by atoms with van der Waals surface area (Å²) in [7, 11) is 0. The summed E-state index contributed by atoms with van der Waals surface area (Å²) >= 11 is 1.82.